The first-order valence-corrected chi connectivity index (χ1v) is 11.7. The molecule has 0 atom stereocenters. The lowest BCUT2D eigenvalue weighted by atomic mass is 10.2. The van der Waals surface area contributed by atoms with E-state index in [2.05, 4.69) is 30.4 Å². The average molecular weight is 472 g/mol. The number of carbonyl (C=O) groups excluding carboxylic acids is 2. The normalized spacial score (nSPS) is 18.9. The van der Waals surface area contributed by atoms with E-state index >= 15 is 0 Å². The van der Waals surface area contributed by atoms with E-state index in [4.69, 9.17) is 11.5 Å². The lowest BCUT2D eigenvalue weighted by molar-refractivity contribution is -0.122. The second-order valence-electron chi connectivity index (χ2n) is 8.25. The van der Waals surface area contributed by atoms with Crippen molar-refractivity contribution < 1.29 is 9.59 Å². The predicted octanol–water partition coefficient (Wildman–Crippen LogP) is -1.92. The van der Waals surface area contributed by atoms with Crippen molar-refractivity contribution in [3.63, 3.8) is 0 Å². The minimum atomic E-state index is -0.384. The summed E-state index contributed by atoms with van der Waals surface area (Å²) in [7, 11) is 0. The largest absolute Gasteiger partial charge is 0.369 e. The summed E-state index contributed by atoms with van der Waals surface area (Å²) in [5.41, 5.74) is 10.9. The van der Waals surface area contributed by atoms with Crippen LogP contribution in [0.5, 0.6) is 0 Å². The number of nitroso groups, excluding NO2 is 2. The van der Waals surface area contributed by atoms with E-state index in [1.165, 1.54) is 0 Å². The Balaban J connectivity index is 2.85. The minimum absolute atomic E-state index is 0.0792. The van der Waals surface area contributed by atoms with Crippen LogP contribution in [-0.4, -0.2) is 136 Å². The third kappa shape index (κ3) is 14.7. The molecular weight excluding hydrogens is 430 g/mol. The molecule has 13 heteroatoms. The first kappa shape index (κ1) is 29.0. The van der Waals surface area contributed by atoms with E-state index in [-0.39, 0.29) is 38.0 Å². The van der Waals surface area contributed by atoms with Gasteiger partial charge < -0.3 is 26.6 Å². The Hall–Kier alpha value is -2.06. The zero-order valence-corrected chi connectivity index (χ0v) is 19.7. The zero-order valence-electron chi connectivity index (χ0n) is 19.7. The maximum absolute atomic E-state index is 12.2. The van der Waals surface area contributed by atoms with E-state index in [9.17, 15) is 19.4 Å². The summed E-state index contributed by atoms with van der Waals surface area (Å²) < 4.78 is 0. The van der Waals surface area contributed by atoms with Crippen molar-refractivity contribution in [3.05, 3.63) is 9.81 Å². The highest BCUT2D eigenvalue weighted by atomic mass is 16.3. The predicted molar refractivity (Wildman–Crippen MR) is 128 cm³/mol. The highest BCUT2D eigenvalue weighted by Gasteiger charge is 2.17. The molecule has 2 amide bonds. The lowest BCUT2D eigenvalue weighted by Gasteiger charge is -2.31. The summed E-state index contributed by atoms with van der Waals surface area (Å²) in [6.45, 7) is 8.47. The molecule has 0 aromatic rings. The first-order chi connectivity index (χ1) is 16.0. The van der Waals surface area contributed by atoms with Gasteiger partial charge in [0.25, 0.3) is 0 Å². The van der Waals surface area contributed by atoms with Crippen molar-refractivity contribution in [2.24, 2.45) is 21.8 Å². The van der Waals surface area contributed by atoms with Crippen LogP contribution in [0.15, 0.2) is 10.4 Å². The molecule has 1 rings (SSSR count). The number of nitrogens with two attached hydrogens (primary N) is 2. The van der Waals surface area contributed by atoms with Gasteiger partial charge in [-0.1, -0.05) is 10.4 Å². The van der Waals surface area contributed by atoms with Gasteiger partial charge in [0.1, 0.15) is 0 Å². The molecule has 0 aromatic heterocycles. The fourth-order valence-electron chi connectivity index (χ4n) is 3.87. The number of hydrogen-bond acceptors (Lipinski definition) is 11. The monoisotopic (exact) mass is 471 g/mol. The summed E-state index contributed by atoms with van der Waals surface area (Å²) in [6.07, 6.45) is 1.62. The molecule has 1 fully saturated rings. The Kier molecular flexibility index (Phi) is 16.1. The molecule has 0 radical (unpaired) electrons. The molecule has 0 spiro atoms. The number of nitrogens with zero attached hydrogens (tertiary/aromatic N) is 6. The quantitative estimate of drug-likeness (QED) is 0.275. The smallest absolute Gasteiger partial charge is 0.234 e. The third-order valence-electron chi connectivity index (χ3n) is 5.59. The van der Waals surface area contributed by atoms with E-state index in [1.807, 2.05) is 4.90 Å². The Morgan fingerprint density at radius 1 is 0.727 bits per heavy atom. The molecule has 1 heterocycles. The zero-order chi connectivity index (χ0) is 24.3. The van der Waals surface area contributed by atoms with Crippen molar-refractivity contribution >= 4 is 11.8 Å². The Labute approximate surface area is 196 Å². The summed E-state index contributed by atoms with van der Waals surface area (Å²) in [5, 5.41) is 8.77. The third-order valence-corrected chi connectivity index (χ3v) is 5.59. The summed E-state index contributed by atoms with van der Waals surface area (Å²) in [4.78, 5) is 53.5. The number of nitrogens with one attached hydrogen (secondary N) is 1. The van der Waals surface area contributed by atoms with Crippen molar-refractivity contribution in [1.82, 2.24) is 24.9 Å². The number of primary amides is 1. The topological polar surface area (TPSA) is 170 Å². The second kappa shape index (κ2) is 18.4. The molecule has 13 nitrogen and oxygen atoms in total. The van der Waals surface area contributed by atoms with Crippen LogP contribution < -0.4 is 16.8 Å². The van der Waals surface area contributed by atoms with Gasteiger partial charge in [0.2, 0.25) is 11.8 Å². The number of hydrogen-bond donors (Lipinski definition) is 3. The highest BCUT2D eigenvalue weighted by molar-refractivity contribution is 5.78. The van der Waals surface area contributed by atoms with Gasteiger partial charge in [-0.15, -0.1) is 0 Å². The molecule has 1 aliphatic rings. The van der Waals surface area contributed by atoms with E-state index in [0.717, 1.165) is 39.0 Å². The molecule has 0 unspecified atom stereocenters. The first-order valence-electron chi connectivity index (χ1n) is 11.7. The number of amides is 2. The van der Waals surface area contributed by atoms with E-state index in [0.29, 0.717) is 52.4 Å². The van der Waals surface area contributed by atoms with Crippen LogP contribution in [0.1, 0.15) is 12.8 Å². The van der Waals surface area contributed by atoms with Gasteiger partial charge in [-0.2, -0.15) is 9.81 Å². The minimum Gasteiger partial charge on any atom is -0.369 e. The van der Waals surface area contributed by atoms with Gasteiger partial charge in [-0.05, 0) is 39.0 Å². The molecule has 5 N–H and O–H groups in total. The summed E-state index contributed by atoms with van der Waals surface area (Å²) in [6, 6.07) is 0. The highest BCUT2D eigenvalue weighted by Crippen LogP contribution is 2.03. The van der Waals surface area contributed by atoms with Crippen molar-refractivity contribution in [2.45, 2.75) is 12.8 Å². The second-order valence-corrected chi connectivity index (χ2v) is 8.25. The van der Waals surface area contributed by atoms with Crippen LogP contribution >= 0.6 is 0 Å². The van der Waals surface area contributed by atoms with E-state index in [1.54, 1.807) is 0 Å². The number of rotatable bonds is 12. The van der Waals surface area contributed by atoms with Crippen LogP contribution in [0.25, 0.3) is 0 Å². The van der Waals surface area contributed by atoms with Crippen molar-refractivity contribution in [3.8, 4) is 0 Å². The van der Waals surface area contributed by atoms with Crippen molar-refractivity contribution in [1.29, 1.82) is 0 Å². The standard InChI is InChI=1S/C20H41N9O4/c21-3-4-23-20(31)18-29-10-2-8-27(12-6-25-33)14-13-26(11-5-24-32)7-1-9-28(15-16-29)17-19(22)30/h1-18,21H2,(H2,22,30)(H,23,31). The fraction of sp³-hybridized carbons (Fsp3) is 0.900. The maximum Gasteiger partial charge on any atom is 0.234 e. The Morgan fingerprint density at radius 2 is 1.18 bits per heavy atom. The summed E-state index contributed by atoms with van der Waals surface area (Å²) in [5.74, 6) is -0.464. The van der Waals surface area contributed by atoms with Gasteiger partial charge in [0, 0.05) is 52.4 Å². The molecule has 0 bridgehead atoms. The van der Waals surface area contributed by atoms with E-state index < -0.39 is 0 Å². The molecule has 33 heavy (non-hydrogen) atoms. The summed E-state index contributed by atoms with van der Waals surface area (Å²) >= 11 is 0. The van der Waals surface area contributed by atoms with Crippen LogP contribution in [0.4, 0.5) is 0 Å². The van der Waals surface area contributed by atoms with Gasteiger partial charge in [0.05, 0.1) is 26.2 Å². The molecule has 1 aliphatic heterocycles. The van der Waals surface area contributed by atoms with Crippen LogP contribution in [0.3, 0.4) is 0 Å². The molecule has 0 aromatic carbocycles. The Morgan fingerprint density at radius 3 is 1.64 bits per heavy atom. The molecule has 1 saturated heterocycles. The SMILES string of the molecule is NCCNC(=O)CN1CCCN(CCN=O)CCN(CCN=O)CCCN(CC(N)=O)CC1. The number of carbonyl (C=O) groups is 2. The molecule has 0 saturated carbocycles. The Bertz CT molecular complexity index is 582. The van der Waals surface area contributed by atoms with Crippen molar-refractivity contribution in [2.75, 3.05) is 105 Å². The lowest BCUT2D eigenvalue weighted by Crippen LogP contribution is -2.46. The maximum atomic E-state index is 12.2. The average Bonchev–Trinajstić information content (AvgIpc) is 2.78. The molecule has 190 valence electrons. The van der Waals surface area contributed by atoms with Gasteiger partial charge >= 0.3 is 0 Å². The van der Waals surface area contributed by atoms with Crippen LogP contribution in [0, 0.1) is 9.81 Å². The van der Waals surface area contributed by atoms with Crippen LogP contribution in [-0.2, 0) is 9.59 Å². The van der Waals surface area contributed by atoms with Gasteiger partial charge in [0.15, 0.2) is 0 Å². The van der Waals surface area contributed by atoms with Gasteiger partial charge in [-0.25, -0.2) is 0 Å². The van der Waals surface area contributed by atoms with Crippen LogP contribution in [0.2, 0.25) is 0 Å². The molecule has 0 aliphatic carbocycles. The fourth-order valence-corrected chi connectivity index (χ4v) is 3.87. The molecular formula is C20H41N9O4. The van der Waals surface area contributed by atoms with Gasteiger partial charge in [-0.3, -0.25) is 19.4 Å².